The number of nitrogens with one attached hydrogen (secondary N) is 1. The molecule has 0 aliphatic carbocycles. The van der Waals surface area contributed by atoms with E-state index in [1.165, 1.54) is 7.11 Å². The SMILES string of the molecule is COCCN(CCC(=N)N)c1cc(C(F)(F)F)ccn1. The molecule has 0 aliphatic heterocycles. The molecular weight excluding hydrogens is 273 g/mol. The van der Waals surface area contributed by atoms with Crippen molar-refractivity contribution < 1.29 is 17.9 Å². The van der Waals surface area contributed by atoms with E-state index in [1.807, 2.05) is 0 Å². The van der Waals surface area contributed by atoms with Gasteiger partial charge < -0.3 is 15.4 Å². The molecule has 0 aliphatic rings. The van der Waals surface area contributed by atoms with Gasteiger partial charge >= 0.3 is 6.18 Å². The van der Waals surface area contributed by atoms with Gasteiger partial charge in [0.1, 0.15) is 5.82 Å². The Balaban J connectivity index is 2.91. The number of amidine groups is 1. The number of rotatable bonds is 7. The van der Waals surface area contributed by atoms with Gasteiger partial charge in [0, 0.05) is 32.8 Å². The van der Waals surface area contributed by atoms with Gasteiger partial charge in [0.05, 0.1) is 18.0 Å². The van der Waals surface area contributed by atoms with Crippen LogP contribution in [0.5, 0.6) is 0 Å². The van der Waals surface area contributed by atoms with Crippen LogP contribution in [-0.4, -0.2) is 37.6 Å². The third-order valence-electron chi connectivity index (χ3n) is 2.61. The van der Waals surface area contributed by atoms with Crippen molar-refractivity contribution in [1.82, 2.24) is 4.98 Å². The number of anilines is 1. The predicted octanol–water partition coefficient (Wildman–Crippen LogP) is 1.88. The zero-order chi connectivity index (χ0) is 15.2. The van der Waals surface area contributed by atoms with Gasteiger partial charge in [0.25, 0.3) is 0 Å². The maximum atomic E-state index is 12.7. The second-order valence-corrected chi connectivity index (χ2v) is 4.16. The number of ether oxygens (including phenoxy) is 1. The van der Waals surface area contributed by atoms with Crippen LogP contribution >= 0.6 is 0 Å². The number of pyridine rings is 1. The summed E-state index contributed by atoms with van der Waals surface area (Å²) in [5.74, 6) is 0.164. The Bertz CT molecular complexity index is 451. The normalized spacial score (nSPS) is 11.4. The highest BCUT2D eigenvalue weighted by Crippen LogP contribution is 2.30. The zero-order valence-corrected chi connectivity index (χ0v) is 11.1. The summed E-state index contributed by atoms with van der Waals surface area (Å²) in [4.78, 5) is 5.55. The Hall–Kier alpha value is -1.83. The molecule has 0 saturated heterocycles. The van der Waals surface area contributed by atoms with Crippen LogP contribution < -0.4 is 10.6 Å². The molecule has 0 saturated carbocycles. The molecule has 0 spiro atoms. The molecule has 0 amide bonds. The van der Waals surface area contributed by atoms with Crippen LogP contribution in [-0.2, 0) is 10.9 Å². The van der Waals surface area contributed by atoms with Gasteiger partial charge in [0.2, 0.25) is 0 Å². The Morgan fingerprint density at radius 2 is 2.15 bits per heavy atom. The van der Waals surface area contributed by atoms with Crippen molar-refractivity contribution >= 4 is 11.7 Å². The Kier molecular flexibility index (Phi) is 5.75. The third-order valence-corrected chi connectivity index (χ3v) is 2.61. The van der Waals surface area contributed by atoms with Crippen molar-refractivity contribution in [3.63, 3.8) is 0 Å². The second kappa shape index (κ2) is 7.09. The largest absolute Gasteiger partial charge is 0.416 e. The predicted molar refractivity (Wildman–Crippen MR) is 69.9 cm³/mol. The first-order valence-corrected chi connectivity index (χ1v) is 5.94. The molecule has 1 aromatic rings. The van der Waals surface area contributed by atoms with Crippen LogP contribution in [0.25, 0.3) is 0 Å². The van der Waals surface area contributed by atoms with E-state index in [0.717, 1.165) is 18.3 Å². The van der Waals surface area contributed by atoms with Gasteiger partial charge in [-0.05, 0) is 12.1 Å². The molecule has 8 heteroatoms. The van der Waals surface area contributed by atoms with Crippen LogP contribution in [0.2, 0.25) is 0 Å². The lowest BCUT2D eigenvalue weighted by atomic mass is 10.2. The van der Waals surface area contributed by atoms with Crippen LogP contribution in [0.15, 0.2) is 18.3 Å². The first-order valence-electron chi connectivity index (χ1n) is 5.94. The number of halogens is 3. The quantitative estimate of drug-likeness (QED) is 0.594. The lowest BCUT2D eigenvalue weighted by molar-refractivity contribution is -0.137. The molecule has 112 valence electrons. The molecule has 20 heavy (non-hydrogen) atoms. The molecular formula is C12H17F3N4O. The van der Waals surface area contributed by atoms with Gasteiger partial charge in [-0.3, -0.25) is 5.41 Å². The van der Waals surface area contributed by atoms with Crippen molar-refractivity contribution in [2.24, 2.45) is 5.73 Å². The van der Waals surface area contributed by atoms with Crippen LogP contribution in [0.3, 0.4) is 0 Å². The van der Waals surface area contributed by atoms with E-state index in [1.54, 1.807) is 4.90 Å². The number of methoxy groups -OCH3 is 1. The fourth-order valence-corrected chi connectivity index (χ4v) is 1.57. The van der Waals surface area contributed by atoms with Gasteiger partial charge in [-0.1, -0.05) is 0 Å². The molecule has 0 atom stereocenters. The summed E-state index contributed by atoms with van der Waals surface area (Å²) in [7, 11) is 1.50. The molecule has 0 bridgehead atoms. The van der Waals surface area contributed by atoms with E-state index < -0.39 is 11.7 Å². The topological polar surface area (TPSA) is 75.2 Å². The average Bonchev–Trinajstić information content (AvgIpc) is 2.38. The molecule has 0 unspecified atom stereocenters. The number of aromatic nitrogens is 1. The van der Waals surface area contributed by atoms with E-state index in [2.05, 4.69) is 4.98 Å². The summed E-state index contributed by atoms with van der Waals surface area (Å²) in [6, 6.07) is 1.90. The average molecular weight is 290 g/mol. The Labute approximate surface area is 115 Å². The minimum Gasteiger partial charge on any atom is -0.388 e. The first kappa shape index (κ1) is 16.2. The summed E-state index contributed by atoms with van der Waals surface area (Å²) in [6.07, 6.45) is -3.04. The van der Waals surface area contributed by atoms with Crippen LogP contribution in [0, 0.1) is 5.41 Å². The fraction of sp³-hybridized carbons (Fsp3) is 0.500. The molecule has 5 nitrogen and oxygen atoms in total. The van der Waals surface area contributed by atoms with E-state index in [4.69, 9.17) is 15.9 Å². The standard InChI is InChI=1S/C12H17F3N4O/c1-20-7-6-19(5-3-10(16)17)11-8-9(2-4-18-11)12(13,14)15/h2,4,8H,3,5-7H2,1H3,(H3,16,17). The molecule has 0 fully saturated rings. The van der Waals surface area contributed by atoms with Crippen LogP contribution in [0.1, 0.15) is 12.0 Å². The smallest absolute Gasteiger partial charge is 0.388 e. The van der Waals surface area contributed by atoms with E-state index in [9.17, 15) is 13.2 Å². The van der Waals surface area contributed by atoms with Crippen LogP contribution in [0.4, 0.5) is 19.0 Å². The van der Waals surface area contributed by atoms with E-state index >= 15 is 0 Å². The maximum Gasteiger partial charge on any atom is 0.416 e. The number of nitrogens with zero attached hydrogens (tertiary/aromatic N) is 2. The number of hydrogen-bond donors (Lipinski definition) is 2. The van der Waals surface area contributed by atoms with Gasteiger partial charge in [0.15, 0.2) is 0 Å². The molecule has 1 rings (SSSR count). The molecule has 1 aromatic heterocycles. The number of nitrogens with two attached hydrogens (primary N) is 1. The Morgan fingerprint density at radius 1 is 1.45 bits per heavy atom. The second-order valence-electron chi connectivity index (χ2n) is 4.16. The zero-order valence-electron chi connectivity index (χ0n) is 11.1. The fourth-order valence-electron chi connectivity index (χ4n) is 1.57. The van der Waals surface area contributed by atoms with E-state index in [0.29, 0.717) is 19.7 Å². The lowest BCUT2D eigenvalue weighted by Crippen LogP contribution is -2.31. The third kappa shape index (κ3) is 5.04. The minimum atomic E-state index is -4.41. The Morgan fingerprint density at radius 3 is 2.70 bits per heavy atom. The lowest BCUT2D eigenvalue weighted by Gasteiger charge is -2.23. The maximum absolute atomic E-state index is 12.7. The van der Waals surface area contributed by atoms with Gasteiger partial charge in [-0.15, -0.1) is 0 Å². The highest BCUT2D eigenvalue weighted by Gasteiger charge is 2.31. The van der Waals surface area contributed by atoms with Crippen molar-refractivity contribution in [3.05, 3.63) is 23.9 Å². The van der Waals surface area contributed by atoms with Gasteiger partial charge in [-0.2, -0.15) is 13.2 Å². The molecule has 1 heterocycles. The molecule has 0 aromatic carbocycles. The van der Waals surface area contributed by atoms with Crippen molar-refractivity contribution in [2.75, 3.05) is 31.7 Å². The van der Waals surface area contributed by atoms with Gasteiger partial charge in [-0.25, -0.2) is 4.98 Å². The summed E-state index contributed by atoms with van der Waals surface area (Å²) in [5.41, 5.74) is 4.51. The van der Waals surface area contributed by atoms with Crippen molar-refractivity contribution in [3.8, 4) is 0 Å². The number of alkyl halides is 3. The summed E-state index contributed by atoms with van der Waals surface area (Å²) in [6.45, 7) is 1.03. The summed E-state index contributed by atoms with van der Waals surface area (Å²) in [5, 5.41) is 7.19. The highest BCUT2D eigenvalue weighted by atomic mass is 19.4. The number of hydrogen-bond acceptors (Lipinski definition) is 4. The highest BCUT2D eigenvalue weighted by molar-refractivity contribution is 5.77. The monoisotopic (exact) mass is 290 g/mol. The summed E-state index contributed by atoms with van der Waals surface area (Å²) < 4.78 is 42.9. The van der Waals surface area contributed by atoms with Crippen molar-refractivity contribution in [2.45, 2.75) is 12.6 Å². The van der Waals surface area contributed by atoms with Crippen molar-refractivity contribution in [1.29, 1.82) is 5.41 Å². The molecule has 3 N–H and O–H groups in total. The first-order chi connectivity index (χ1) is 9.34. The molecule has 0 radical (unpaired) electrons. The minimum absolute atomic E-state index is 0.0283. The van der Waals surface area contributed by atoms with E-state index in [-0.39, 0.29) is 18.1 Å². The summed E-state index contributed by atoms with van der Waals surface area (Å²) >= 11 is 0.